The summed E-state index contributed by atoms with van der Waals surface area (Å²) in [5.41, 5.74) is 1.55. The minimum absolute atomic E-state index is 0.0518. The summed E-state index contributed by atoms with van der Waals surface area (Å²) in [7, 11) is -4.37. The average Bonchev–Trinajstić information content (AvgIpc) is 3.70. The molecular formula is C37H49F5N3O16P. The van der Waals surface area contributed by atoms with Gasteiger partial charge in [0.2, 0.25) is 41.1 Å². The van der Waals surface area contributed by atoms with Gasteiger partial charge in [0.1, 0.15) is 24.1 Å². The molecule has 2 heterocycles. The van der Waals surface area contributed by atoms with Crippen LogP contribution in [0.2, 0.25) is 0 Å². The molecule has 0 amide bonds. The van der Waals surface area contributed by atoms with Crippen LogP contribution in [0.3, 0.4) is 0 Å². The molecular weight excluding hydrogens is 868 g/mol. The molecule has 3 aromatic rings. The number of halogens is 5. The van der Waals surface area contributed by atoms with E-state index < -0.39 is 91.7 Å². The molecule has 5 N–H and O–H groups in total. The number of nitrogens with zero attached hydrogens (tertiary/aromatic N) is 3. The lowest BCUT2D eigenvalue weighted by Gasteiger charge is -2.40. The van der Waals surface area contributed by atoms with Crippen LogP contribution in [-0.2, 0) is 62.1 Å². The Labute approximate surface area is 351 Å². The van der Waals surface area contributed by atoms with Crippen LogP contribution < -0.4 is 9.47 Å². The first-order valence-electron chi connectivity index (χ1n) is 19.2. The third-order valence-electron chi connectivity index (χ3n) is 8.70. The van der Waals surface area contributed by atoms with Gasteiger partial charge in [-0.15, -0.1) is 5.10 Å². The second-order valence-electron chi connectivity index (χ2n) is 13.4. The number of aliphatic hydroxyl groups is 3. The molecule has 1 aliphatic heterocycles. The van der Waals surface area contributed by atoms with Gasteiger partial charge in [-0.2, -0.15) is 8.78 Å². The molecule has 0 spiro atoms. The summed E-state index contributed by atoms with van der Waals surface area (Å²) in [4.78, 5) is 29.9. The molecule has 1 saturated heterocycles. The van der Waals surface area contributed by atoms with E-state index in [0.29, 0.717) is 52.6 Å². The maximum atomic E-state index is 13.6. The van der Waals surface area contributed by atoms with Gasteiger partial charge in [0, 0.05) is 12.6 Å². The Hall–Kier alpha value is -3.75. The summed E-state index contributed by atoms with van der Waals surface area (Å²) in [5.74, 6) is -14.0. The first-order chi connectivity index (χ1) is 29.6. The summed E-state index contributed by atoms with van der Waals surface area (Å²) in [6.45, 7) is 3.27. The average molecular weight is 918 g/mol. The topological polar surface area (TPSA) is 249 Å². The van der Waals surface area contributed by atoms with Gasteiger partial charge in [0.25, 0.3) is 0 Å². The zero-order valence-electron chi connectivity index (χ0n) is 33.2. The highest BCUT2D eigenvalue weighted by Gasteiger charge is 2.45. The fourth-order valence-electron chi connectivity index (χ4n) is 5.41. The molecule has 0 bridgehead atoms. The lowest BCUT2D eigenvalue weighted by atomic mass is 9.97. The summed E-state index contributed by atoms with van der Waals surface area (Å²) < 4.78 is 128. The van der Waals surface area contributed by atoms with Crippen molar-refractivity contribution in [1.82, 2.24) is 15.0 Å². The zero-order valence-corrected chi connectivity index (χ0v) is 34.1. The molecule has 1 aromatic heterocycles. The van der Waals surface area contributed by atoms with E-state index in [0.717, 1.165) is 11.3 Å². The molecule has 0 unspecified atom stereocenters. The Bertz CT molecular complexity index is 1830. The van der Waals surface area contributed by atoms with E-state index in [2.05, 4.69) is 15.0 Å². The molecule has 62 heavy (non-hydrogen) atoms. The Morgan fingerprint density at radius 1 is 0.710 bits per heavy atom. The number of carbonyl (C=O) groups is 1. The van der Waals surface area contributed by atoms with Crippen LogP contribution in [0, 0.1) is 29.1 Å². The standard InChI is InChI=1S/C37H49F5N3O16P/c38-28-29(39)31(41)36(32(42)30(28)40)61-27(46)6-10-54-12-14-56-16-17-57-15-13-55-11-8-45-21-24(43-44-45)5-9-53-18-19-58-22-23-1-3-25(4-2-23)59-37-35(49)34(48)33(47)26(60-37)7-20-62(50,51)52/h1-4,21,26,33-35,37,47-49H,5-20,22H2,(H2,50,51,52)/t26-,33-,34+,35+,37+/m1/s1. The normalized spacial score (nSPS) is 19.2. The van der Waals surface area contributed by atoms with Crippen LogP contribution in [0.25, 0.3) is 0 Å². The summed E-state index contributed by atoms with van der Waals surface area (Å²) in [5, 5.41) is 38.8. The first-order valence-corrected chi connectivity index (χ1v) is 21.0. The number of benzene rings is 2. The Balaban J connectivity index is 0.936. The second-order valence-corrected chi connectivity index (χ2v) is 15.2. The monoisotopic (exact) mass is 917 g/mol. The number of aromatic nitrogens is 3. The van der Waals surface area contributed by atoms with Gasteiger partial charge in [-0.05, 0) is 24.1 Å². The Kier molecular flexibility index (Phi) is 21.5. The van der Waals surface area contributed by atoms with Crippen LogP contribution >= 0.6 is 7.60 Å². The van der Waals surface area contributed by atoms with Crippen molar-refractivity contribution in [3.8, 4) is 11.5 Å². The second kappa shape index (κ2) is 26.1. The number of aliphatic hydroxyl groups excluding tert-OH is 3. The molecule has 1 fully saturated rings. The molecule has 348 valence electrons. The van der Waals surface area contributed by atoms with Gasteiger partial charge < -0.3 is 67.7 Å². The van der Waals surface area contributed by atoms with E-state index in [9.17, 15) is 46.6 Å². The highest BCUT2D eigenvalue weighted by molar-refractivity contribution is 7.51. The van der Waals surface area contributed by atoms with Crippen LogP contribution in [0.1, 0.15) is 24.1 Å². The third kappa shape index (κ3) is 17.1. The Morgan fingerprint density at radius 3 is 1.87 bits per heavy atom. The van der Waals surface area contributed by atoms with E-state index in [4.69, 9.17) is 47.7 Å². The number of carbonyl (C=O) groups excluding carboxylic acids is 1. The van der Waals surface area contributed by atoms with E-state index in [1.165, 1.54) is 0 Å². The van der Waals surface area contributed by atoms with Crippen molar-refractivity contribution in [2.75, 3.05) is 78.8 Å². The van der Waals surface area contributed by atoms with Gasteiger partial charge >= 0.3 is 13.6 Å². The number of rotatable bonds is 29. The van der Waals surface area contributed by atoms with Crippen molar-refractivity contribution >= 4 is 13.6 Å². The van der Waals surface area contributed by atoms with E-state index >= 15 is 0 Å². The van der Waals surface area contributed by atoms with Crippen molar-refractivity contribution in [3.63, 3.8) is 0 Å². The van der Waals surface area contributed by atoms with Crippen molar-refractivity contribution in [3.05, 3.63) is 70.8 Å². The number of ether oxygens (including phenoxy) is 9. The summed E-state index contributed by atoms with van der Waals surface area (Å²) in [6.07, 6.45) is -6.33. The van der Waals surface area contributed by atoms with Gasteiger partial charge in [-0.3, -0.25) is 9.36 Å². The minimum Gasteiger partial charge on any atom is -0.462 e. The van der Waals surface area contributed by atoms with Crippen molar-refractivity contribution in [1.29, 1.82) is 0 Å². The predicted octanol–water partition coefficient (Wildman–Crippen LogP) is 1.57. The summed E-state index contributed by atoms with van der Waals surface area (Å²) in [6, 6.07) is 6.64. The Morgan fingerprint density at radius 2 is 1.26 bits per heavy atom. The largest absolute Gasteiger partial charge is 0.462 e. The van der Waals surface area contributed by atoms with Crippen LogP contribution in [-0.4, -0.2) is 156 Å². The number of hydrogen-bond donors (Lipinski definition) is 5. The number of hydrogen-bond acceptors (Lipinski definition) is 16. The lowest BCUT2D eigenvalue weighted by Crippen LogP contribution is -2.59. The highest BCUT2D eigenvalue weighted by atomic mass is 31.2. The quantitative estimate of drug-likeness (QED) is 0.0126. The maximum Gasteiger partial charge on any atom is 0.325 e. The van der Waals surface area contributed by atoms with Crippen molar-refractivity contribution in [2.45, 2.75) is 63.1 Å². The number of esters is 1. The maximum absolute atomic E-state index is 13.6. The molecule has 19 nitrogen and oxygen atoms in total. The fraction of sp³-hybridized carbons (Fsp3) is 0.595. The van der Waals surface area contributed by atoms with E-state index in [-0.39, 0.29) is 51.8 Å². The fourth-order valence-corrected chi connectivity index (χ4v) is 6.00. The van der Waals surface area contributed by atoms with Gasteiger partial charge in [0.15, 0.2) is 0 Å². The van der Waals surface area contributed by atoms with Gasteiger partial charge in [-0.25, -0.2) is 17.9 Å². The lowest BCUT2D eigenvalue weighted by molar-refractivity contribution is -0.272. The van der Waals surface area contributed by atoms with Crippen LogP contribution in [0.5, 0.6) is 11.5 Å². The summed E-state index contributed by atoms with van der Waals surface area (Å²) >= 11 is 0. The SMILES string of the molecule is O=C(CCOCCOCCOCCOCCn1cc(CCOCCOCc2ccc(O[C@H]3O[C@H](CCP(=O)(O)O)[C@@H](O)[C@H](O)[C@@H]3O)cc2)nn1)Oc1c(F)c(F)c(F)c(F)c1F. The predicted molar refractivity (Wildman–Crippen MR) is 199 cm³/mol. The van der Waals surface area contributed by atoms with E-state index in [1.807, 2.05) is 0 Å². The third-order valence-corrected chi connectivity index (χ3v) is 9.54. The molecule has 0 radical (unpaired) electrons. The molecule has 0 aliphatic carbocycles. The van der Waals surface area contributed by atoms with E-state index in [1.54, 1.807) is 35.1 Å². The zero-order chi connectivity index (χ0) is 45.1. The smallest absolute Gasteiger partial charge is 0.325 e. The van der Waals surface area contributed by atoms with Crippen LogP contribution in [0.4, 0.5) is 22.0 Å². The molecule has 4 rings (SSSR count). The molecule has 25 heteroatoms. The molecule has 5 atom stereocenters. The molecule has 0 saturated carbocycles. The molecule has 1 aliphatic rings. The highest BCUT2D eigenvalue weighted by Crippen LogP contribution is 2.37. The van der Waals surface area contributed by atoms with Crippen molar-refractivity contribution in [2.24, 2.45) is 0 Å². The first kappa shape index (κ1) is 50.9. The van der Waals surface area contributed by atoms with Gasteiger partial charge in [-0.1, -0.05) is 17.3 Å². The van der Waals surface area contributed by atoms with Gasteiger partial charge in [0.05, 0.1) is 110 Å². The minimum atomic E-state index is -4.37. The molecule has 2 aromatic carbocycles. The van der Waals surface area contributed by atoms with Crippen LogP contribution in [0.15, 0.2) is 30.5 Å². The van der Waals surface area contributed by atoms with Crippen molar-refractivity contribution < 1.29 is 99.0 Å².